The van der Waals surface area contributed by atoms with Crippen LogP contribution in [0.1, 0.15) is 24.5 Å². The molecule has 180 valence electrons. The Morgan fingerprint density at radius 3 is 2.33 bits per heavy atom. The van der Waals surface area contributed by atoms with Crippen LogP contribution in [-0.2, 0) is 4.79 Å². The van der Waals surface area contributed by atoms with Crippen molar-refractivity contribution in [2.24, 2.45) is 0 Å². The van der Waals surface area contributed by atoms with Crippen molar-refractivity contribution in [3.05, 3.63) is 96.1 Å². The number of nitrogens with one attached hydrogen (secondary N) is 1. The lowest BCUT2D eigenvalue weighted by Gasteiger charge is -2.17. The second-order valence-corrected chi connectivity index (χ2v) is 9.50. The first-order valence-electron chi connectivity index (χ1n) is 11.7. The molecule has 0 aliphatic rings. The van der Waals surface area contributed by atoms with Crippen LogP contribution in [-0.4, -0.2) is 23.3 Å². The summed E-state index contributed by atoms with van der Waals surface area (Å²) in [7, 11) is 1.62. The van der Waals surface area contributed by atoms with E-state index in [0.717, 1.165) is 39.4 Å². The van der Waals surface area contributed by atoms with Gasteiger partial charge in [0.15, 0.2) is 0 Å². The molecule has 0 radical (unpaired) electrons. The highest BCUT2D eigenvalue weighted by Gasteiger charge is 2.23. The highest BCUT2D eigenvalue weighted by molar-refractivity contribution is 8.00. The summed E-state index contributed by atoms with van der Waals surface area (Å²) in [6.07, 6.45) is 0.586. The predicted octanol–water partition coefficient (Wildman–Crippen LogP) is 7.11. The summed E-state index contributed by atoms with van der Waals surface area (Å²) >= 11 is 1.33. The topological polar surface area (TPSA) is 75.0 Å². The van der Waals surface area contributed by atoms with Crippen molar-refractivity contribution < 1.29 is 9.53 Å². The molecule has 1 amide bonds. The molecule has 4 aromatic rings. The van der Waals surface area contributed by atoms with Gasteiger partial charge in [-0.3, -0.25) is 4.79 Å². The average molecular weight is 494 g/mol. The second-order valence-electron chi connectivity index (χ2n) is 8.31. The minimum Gasteiger partial charge on any atom is -0.497 e. The smallest absolute Gasteiger partial charge is 0.237 e. The molecule has 0 spiro atoms. The third kappa shape index (κ3) is 5.76. The van der Waals surface area contributed by atoms with Gasteiger partial charge in [-0.2, -0.15) is 5.26 Å². The number of benzene rings is 3. The van der Waals surface area contributed by atoms with Crippen LogP contribution in [0.4, 0.5) is 5.69 Å². The van der Waals surface area contributed by atoms with E-state index in [9.17, 15) is 10.1 Å². The quantitative estimate of drug-likeness (QED) is 0.265. The largest absolute Gasteiger partial charge is 0.497 e. The van der Waals surface area contributed by atoms with Crippen molar-refractivity contribution in [2.75, 3.05) is 12.4 Å². The first-order valence-corrected chi connectivity index (χ1v) is 12.6. The third-order valence-electron chi connectivity index (χ3n) is 5.80. The van der Waals surface area contributed by atoms with Crippen LogP contribution in [0.5, 0.6) is 5.75 Å². The fourth-order valence-electron chi connectivity index (χ4n) is 3.79. The molecule has 0 saturated carbocycles. The summed E-state index contributed by atoms with van der Waals surface area (Å²) in [4.78, 5) is 18.0. The number of aryl methyl sites for hydroxylation is 1. The molecule has 1 aromatic heterocycles. The number of methoxy groups -OCH3 is 1. The molecule has 0 fully saturated rings. The van der Waals surface area contributed by atoms with E-state index in [2.05, 4.69) is 11.4 Å². The summed E-state index contributed by atoms with van der Waals surface area (Å²) in [6, 6.07) is 29.4. The number of rotatable bonds is 8. The van der Waals surface area contributed by atoms with Crippen molar-refractivity contribution in [3.8, 4) is 34.2 Å². The Labute approximate surface area is 216 Å². The number of carbonyl (C=O) groups excluding carboxylic acids is 1. The summed E-state index contributed by atoms with van der Waals surface area (Å²) in [6.45, 7) is 3.97. The maximum Gasteiger partial charge on any atom is 0.237 e. The number of anilines is 1. The Hall–Kier alpha value is -4.08. The van der Waals surface area contributed by atoms with Gasteiger partial charge in [-0.05, 0) is 49.2 Å². The van der Waals surface area contributed by atoms with Gasteiger partial charge in [-0.1, -0.05) is 78.8 Å². The Balaban J connectivity index is 1.75. The molecule has 0 bridgehead atoms. The van der Waals surface area contributed by atoms with Crippen LogP contribution in [0.2, 0.25) is 0 Å². The van der Waals surface area contributed by atoms with Crippen molar-refractivity contribution in [1.29, 1.82) is 5.26 Å². The number of amides is 1. The van der Waals surface area contributed by atoms with Crippen LogP contribution in [0.25, 0.3) is 22.4 Å². The molecule has 1 unspecified atom stereocenters. The zero-order valence-electron chi connectivity index (χ0n) is 20.5. The Morgan fingerprint density at radius 2 is 1.72 bits per heavy atom. The lowest BCUT2D eigenvalue weighted by atomic mass is 9.99. The van der Waals surface area contributed by atoms with E-state index in [1.807, 2.05) is 98.8 Å². The minimum atomic E-state index is -0.416. The number of nitrogens with zero attached hydrogens (tertiary/aromatic N) is 2. The lowest BCUT2D eigenvalue weighted by molar-refractivity contribution is -0.115. The van der Waals surface area contributed by atoms with E-state index < -0.39 is 5.25 Å². The van der Waals surface area contributed by atoms with Crippen molar-refractivity contribution >= 4 is 23.4 Å². The number of carbonyl (C=O) groups is 1. The van der Waals surface area contributed by atoms with E-state index in [-0.39, 0.29) is 5.91 Å². The first-order chi connectivity index (χ1) is 17.5. The van der Waals surface area contributed by atoms with Gasteiger partial charge in [0.25, 0.3) is 0 Å². The van der Waals surface area contributed by atoms with Crippen LogP contribution in [0.15, 0.2) is 90.0 Å². The molecule has 0 saturated heterocycles. The summed E-state index contributed by atoms with van der Waals surface area (Å²) in [5, 5.41) is 13.3. The molecule has 5 nitrogen and oxygen atoms in total. The minimum absolute atomic E-state index is 0.117. The predicted molar refractivity (Wildman–Crippen MR) is 146 cm³/mol. The number of pyridine rings is 1. The lowest BCUT2D eigenvalue weighted by Crippen LogP contribution is -2.24. The maximum atomic E-state index is 13.2. The van der Waals surface area contributed by atoms with Crippen LogP contribution in [0.3, 0.4) is 0 Å². The summed E-state index contributed by atoms with van der Waals surface area (Å²) < 4.78 is 5.30. The standard InChI is InChI=1S/C30H27N3O2S/c1-4-28(29(34)32-23-14-10-20(2)11-15-23)36-30-26(19-31)25(21-12-16-24(35-3)17-13-21)18-27(33-30)22-8-6-5-7-9-22/h5-18,28H,4H2,1-3H3,(H,32,34). The molecule has 0 aliphatic carbocycles. The second kappa shape index (κ2) is 11.6. The Morgan fingerprint density at radius 1 is 1.03 bits per heavy atom. The molecule has 4 rings (SSSR count). The van der Waals surface area contributed by atoms with Gasteiger partial charge < -0.3 is 10.1 Å². The van der Waals surface area contributed by atoms with Crippen LogP contribution < -0.4 is 10.1 Å². The third-order valence-corrected chi connectivity index (χ3v) is 7.16. The number of ether oxygens (including phenoxy) is 1. The van der Waals surface area contributed by atoms with Gasteiger partial charge in [-0.15, -0.1) is 0 Å². The van der Waals surface area contributed by atoms with E-state index in [1.165, 1.54) is 11.8 Å². The zero-order valence-corrected chi connectivity index (χ0v) is 21.3. The number of hydrogen-bond donors (Lipinski definition) is 1. The zero-order chi connectivity index (χ0) is 25.5. The number of hydrogen-bond acceptors (Lipinski definition) is 5. The van der Waals surface area contributed by atoms with Gasteiger partial charge in [0.05, 0.1) is 23.6 Å². The van der Waals surface area contributed by atoms with Gasteiger partial charge in [0.1, 0.15) is 16.8 Å². The number of thioether (sulfide) groups is 1. The summed E-state index contributed by atoms with van der Waals surface area (Å²) in [5.74, 6) is 0.621. The highest BCUT2D eigenvalue weighted by atomic mass is 32.2. The molecule has 1 heterocycles. The Kier molecular flexibility index (Phi) is 8.04. The van der Waals surface area contributed by atoms with Gasteiger partial charge in [-0.25, -0.2) is 4.98 Å². The molecule has 36 heavy (non-hydrogen) atoms. The van der Waals surface area contributed by atoms with Gasteiger partial charge >= 0.3 is 0 Å². The fourth-order valence-corrected chi connectivity index (χ4v) is 4.81. The summed E-state index contributed by atoms with van der Waals surface area (Å²) in [5.41, 5.74) is 5.66. The van der Waals surface area contributed by atoms with E-state index in [1.54, 1.807) is 7.11 Å². The van der Waals surface area contributed by atoms with Crippen molar-refractivity contribution in [3.63, 3.8) is 0 Å². The van der Waals surface area contributed by atoms with Crippen LogP contribution in [0, 0.1) is 18.3 Å². The molecule has 3 aromatic carbocycles. The molecule has 6 heteroatoms. The SMILES string of the molecule is CCC(Sc1nc(-c2ccccc2)cc(-c2ccc(OC)cc2)c1C#N)C(=O)Nc1ccc(C)cc1. The van der Waals surface area contributed by atoms with Crippen LogP contribution >= 0.6 is 11.8 Å². The monoisotopic (exact) mass is 493 g/mol. The van der Waals surface area contributed by atoms with E-state index in [0.29, 0.717) is 17.0 Å². The normalized spacial score (nSPS) is 11.4. The van der Waals surface area contributed by atoms with E-state index in [4.69, 9.17) is 9.72 Å². The molecular formula is C30H27N3O2S. The van der Waals surface area contributed by atoms with Gasteiger partial charge in [0.2, 0.25) is 5.91 Å². The molecular weight excluding hydrogens is 466 g/mol. The number of aromatic nitrogens is 1. The van der Waals surface area contributed by atoms with Crippen molar-refractivity contribution in [2.45, 2.75) is 30.5 Å². The number of nitriles is 1. The van der Waals surface area contributed by atoms with E-state index >= 15 is 0 Å². The Bertz CT molecular complexity index is 1380. The molecule has 1 N–H and O–H groups in total. The molecule has 0 aliphatic heterocycles. The van der Waals surface area contributed by atoms with Crippen molar-refractivity contribution in [1.82, 2.24) is 4.98 Å². The fraction of sp³-hybridized carbons (Fsp3) is 0.167. The first kappa shape index (κ1) is 25.0. The maximum absolute atomic E-state index is 13.2. The molecule has 1 atom stereocenters. The highest BCUT2D eigenvalue weighted by Crippen LogP contribution is 2.37. The van der Waals surface area contributed by atoms with Gasteiger partial charge in [0, 0.05) is 16.8 Å². The average Bonchev–Trinajstić information content (AvgIpc) is 2.93.